The highest BCUT2D eigenvalue weighted by Gasteiger charge is 2.33. The summed E-state index contributed by atoms with van der Waals surface area (Å²) in [6.07, 6.45) is 1.49. The zero-order valence-electron chi connectivity index (χ0n) is 16.7. The highest BCUT2D eigenvalue weighted by Crippen LogP contribution is 2.32. The molecule has 0 N–H and O–H groups in total. The molecule has 0 amide bonds. The van der Waals surface area contributed by atoms with Crippen LogP contribution in [0.15, 0.2) is 51.9 Å². The van der Waals surface area contributed by atoms with Crippen molar-refractivity contribution in [3.05, 3.63) is 58.9 Å². The Hall–Kier alpha value is -2.42. The number of aromatic nitrogens is 2. The lowest BCUT2D eigenvalue weighted by molar-refractivity contribution is 0.265. The fourth-order valence-corrected chi connectivity index (χ4v) is 5.32. The summed E-state index contributed by atoms with van der Waals surface area (Å²) in [5, 5.41) is 4.51. The van der Waals surface area contributed by atoms with E-state index in [4.69, 9.17) is 20.9 Å². The molecule has 9 heteroatoms. The number of aryl methyl sites for hydroxylation is 1. The number of nitrogens with zero attached hydrogens (tertiary/aromatic N) is 3. The number of methoxy groups -OCH3 is 1. The molecule has 2 heterocycles. The second kappa shape index (κ2) is 8.37. The van der Waals surface area contributed by atoms with Crippen molar-refractivity contribution in [3.63, 3.8) is 0 Å². The van der Waals surface area contributed by atoms with Crippen molar-refractivity contribution >= 4 is 21.6 Å². The molecule has 0 saturated carbocycles. The lowest BCUT2D eigenvalue weighted by Gasteiger charge is -2.30. The molecule has 4 rings (SSSR count). The molecular formula is C21H22ClN3O4S. The van der Waals surface area contributed by atoms with Crippen molar-refractivity contribution in [2.45, 2.75) is 30.6 Å². The molecule has 158 valence electrons. The predicted octanol–water partition coefficient (Wildman–Crippen LogP) is 4.28. The molecule has 0 bridgehead atoms. The molecule has 1 aliphatic heterocycles. The minimum absolute atomic E-state index is 0.165. The van der Waals surface area contributed by atoms with E-state index in [2.05, 4.69) is 10.1 Å². The highest BCUT2D eigenvalue weighted by atomic mass is 35.5. The number of hydrogen-bond donors (Lipinski definition) is 0. The average molecular weight is 448 g/mol. The Bertz CT molecular complexity index is 1160. The number of sulfonamides is 1. The van der Waals surface area contributed by atoms with Gasteiger partial charge in [0.05, 0.1) is 17.9 Å². The third-order valence-electron chi connectivity index (χ3n) is 5.28. The molecule has 0 aliphatic carbocycles. The molecule has 1 unspecified atom stereocenters. The second-order valence-corrected chi connectivity index (χ2v) is 9.65. The van der Waals surface area contributed by atoms with Crippen LogP contribution in [0.5, 0.6) is 5.75 Å². The summed E-state index contributed by atoms with van der Waals surface area (Å²) in [7, 11) is -2.06. The van der Waals surface area contributed by atoms with E-state index in [9.17, 15) is 8.42 Å². The van der Waals surface area contributed by atoms with Gasteiger partial charge in [0, 0.05) is 23.7 Å². The van der Waals surface area contributed by atoms with Gasteiger partial charge >= 0.3 is 0 Å². The highest BCUT2D eigenvalue weighted by molar-refractivity contribution is 7.89. The van der Waals surface area contributed by atoms with E-state index < -0.39 is 10.0 Å². The molecule has 1 aromatic heterocycles. The van der Waals surface area contributed by atoms with Crippen LogP contribution in [0.2, 0.25) is 5.02 Å². The monoisotopic (exact) mass is 447 g/mol. The Morgan fingerprint density at radius 2 is 2.07 bits per heavy atom. The van der Waals surface area contributed by atoms with E-state index in [1.54, 1.807) is 19.2 Å². The zero-order chi connectivity index (χ0) is 21.3. The first-order valence-electron chi connectivity index (χ1n) is 9.63. The van der Waals surface area contributed by atoms with Gasteiger partial charge < -0.3 is 9.26 Å². The van der Waals surface area contributed by atoms with Gasteiger partial charge in [-0.15, -0.1) is 0 Å². The summed E-state index contributed by atoms with van der Waals surface area (Å²) in [6, 6.07) is 12.2. The van der Waals surface area contributed by atoms with Gasteiger partial charge in [-0.2, -0.15) is 9.29 Å². The molecule has 1 atom stereocenters. The van der Waals surface area contributed by atoms with E-state index in [-0.39, 0.29) is 17.4 Å². The van der Waals surface area contributed by atoms with Crippen LogP contribution < -0.4 is 4.74 Å². The first kappa shape index (κ1) is 20.8. The molecule has 1 aliphatic rings. The van der Waals surface area contributed by atoms with Crippen molar-refractivity contribution in [1.29, 1.82) is 0 Å². The summed E-state index contributed by atoms with van der Waals surface area (Å²) < 4.78 is 38.4. The Labute approximate surface area is 180 Å². The van der Waals surface area contributed by atoms with Gasteiger partial charge in [0.1, 0.15) is 5.75 Å². The van der Waals surface area contributed by atoms with Crippen LogP contribution in [0.1, 0.15) is 30.2 Å². The first-order valence-corrected chi connectivity index (χ1v) is 11.4. The van der Waals surface area contributed by atoms with Gasteiger partial charge in [0.2, 0.25) is 21.7 Å². The number of hydrogen-bond acceptors (Lipinski definition) is 6. The van der Waals surface area contributed by atoms with Crippen LogP contribution >= 0.6 is 11.6 Å². The maximum Gasteiger partial charge on any atom is 0.243 e. The van der Waals surface area contributed by atoms with Crippen LogP contribution in [0, 0.1) is 6.92 Å². The fraction of sp³-hybridized carbons (Fsp3) is 0.333. The topological polar surface area (TPSA) is 85.5 Å². The minimum atomic E-state index is -3.65. The van der Waals surface area contributed by atoms with Gasteiger partial charge in [-0.05, 0) is 49.6 Å². The molecule has 1 fully saturated rings. The summed E-state index contributed by atoms with van der Waals surface area (Å²) in [5.41, 5.74) is 1.61. The smallest absolute Gasteiger partial charge is 0.243 e. The van der Waals surface area contributed by atoms with Crippen molar-refractivity contribution in [2.75, 3.05) is 20.2 Å². The van der Waals surface area contributed by atoms with Crippen molar-refractivity contribution in [2.24, 2.45) is 0 Å². The molecule has 30 heavy (non-hydrogen) atoms. The largest absolute Gasteiger partial charge is 0.497 e. The molecule has 7 nitrogen and oxygen atoms in total. The maximum absolute atomic E-state index is 13.1. The SMILES string of the molecule is COc1cccc(-c2noc(C3CCCN(S(=O)(=O)c4ccc(C)c(Cl)c4)C3)n2)c1. The van der Waals surface area contributed by atoms with Crippen LogP contribution in [0.4, 0.5) is 0 Å². The fourth-order valence-electron chi connectivity index (χ4n) is 3.53. The van der Waals surface area contributed by atoms with Crippen LogP contribution in [-0.4, -0.2) is 43.1 Å². The van der Waals surface area contributed by atoms with Gasteiger partial charge in [-0.1, -0.05) is 35.0 Å². The maximum atomic E-state index is 13.1. The summed E-state index contributed by atoms with van der Waals surface area (Å²) in [6.45, 7) is 2.57. The Morgan fingerprint density at radius 3 is 2.83 bits per heavy atom. The van der Waals surface area contributed by atoms with E-state index in [0.717, 1.165) is 17.5 Å². The second-order valence-electron chi connectivity index (χ2n) is 7.30. The van der Waals surface area contributed by atoms with E-state index in [0.29, 0.717) is 35.5 Å². The Balaban J connectivity index is 1.55. The first-order chi connectivity index (χ1) is 14.4. The summed E-state index contributed by atoms with van der Waals surface area (Å²) in [4.78, 5) is 4.71. The van der Waals surface area contributed by atoms with Crippen molar-refractivity contribution < 1.29 is 17.7 Å². The van der Waals surface area contributed by atoms with Crippen molar-refractivity contribution in [1.82, 2.24) is 14.4 Å². The van der Waals surface area contributed by atoms with Gasteiger partial charge in [-0.3, -0.25) is 0 Å². The van der Waals surface area contributed by atoms with Crippen LogP contribution in [0.25, 0.3) is 11.4 Å². The average Bonchev–Trinajstić information content (AvgIpc) is 3.26. The normalized spacial score (nSPS) is 17.8. The molecule has 3 aromatic rings. The number of piperidine rings is 1. The van der Waals surface area contributed by atoms with Crippen molar-refractivity contribution in [3.8, 4) is 17.1 Å². The van der Waals surface area contributed by atoms with E-state index >= 15 is 0 Å². The number of ether oxygens (including phenoxy) is 1. The molecule has 1 saturated heterocycles. The number of benzene rings is 2. The summed E-state index contributed by atoms with van der Waals surface area (Å²) >= 11 is 6.14. The van der Waals surface area contributed by atoms with E-state index in [1.165, 1.54) is 10.4 Å². The third-order valence-corrected chi connectivity index (χ3v) is 7.55. The predicted molar refractivity (Wildman–Crippen MR) is 113 cm³/mol. The quantitative estimate of drug-likeness (QED) is 0.580. The third kappa shape index (κ3) is 4.08. The minimum Gasteiger partial charge on any atom is -0.497 e. The molecule has 0 radical (unpaired) electrons. The number of rotatable bonds is 5. The molecule has 2 aromatic carbocycles. The zero-order valence-corrected chi connectivity index (χ0v) is 18.3. The molecule has 0 spiro atoms. The molecular weight excluding hydrogens is 426 g/mol. The van der Waals surface area contributed by atoms with Gasteiger partial charge in [0.25, 0.3) is 0 Å². The Kier molecular flexibility index (Phi) is 5.81. The van der Waals surface area contributed by atoms with Gasteiger partial charge in [0.15, 0.2) is 0 Å². The van der Waals surface area contributed by atoms with E-state index in [1.807, 2.05) is 31.2 Å². The standard InChI is InChI=1S/C21H22ClN3O4S/c1-14-8-9-18(12-19(14)22)30(26,27)25-10-4-6-16(13-25)21-23-20(24-29-21)15-5-3-7-17(11-15)28-2/h3,5,7-9,11-12,16H,4,6,10,13H2,1-2H3. The van der Waals surface area contributed by atoms with Gasteiger partial charge in [-0.25, -0.2) is 8.42 Å². The Morgan fingerprint density at radius 1 is 1.23 bits per heavy atom. The lowest BCUT2D eigenvalue weighted by atomic mass is 10.00. The lowest BCUT2D eigenvalue weighted by Crippen LogP contribution is -2.39. The van der Waals surface area contributed by atoms with Crippen LogP contribution in [0.3, 0.4) is 0 Å². The number of halogens is 1. The summed E-state index contributed by atoms with van der Waals surface area (Å²) in [5.74, 6) is 1.43. The van der Waals surface area contributed by atoms with Crippen LogP contribution in [-0.2, 0) is 10.0 Å².